The molecule has 0 saturated heterocycles. The van der Waals surface area contributed by atoms with Gasteiger partial charge < -0.3 is 5.73 Å². The van der Waals surface area contributed by atoms with Crippen LogP contribution in [0.5, 0.6) is 0 Å². The topological polar surface area (TPSA) is 67.6 Å². The minimum atomic E-state index is 0.531. The maximum atomic E-state index is 6.06. The standard InChI is InChI=1S/C16H14BrClN4/c17-13-5-11(6-14(18)8-13)7-15-20-16(22-21-15)12-3-1-10(9-19)2-4-12/h1-6,8H,7,9,19H2,(H,20,21,22). The van der Waals surface area contributed by atoms with Crippen LogP contribution in [-0.2, 0) is 13.0 Å². The Bertz CT molecular complexity index is 763. The number of benzene rings is 2. The van der Waals surface area contributed by atoms with E-state index in [0.717, 1.165) is 27.0 Å². The largest absolute Gasteiger partial charge is 0.326 e. The molecule has 0 spiro atoms. The van der Waals surface area contributed by atoms with E-state index >= 15 is 0 Å². The van der Waals surface area contributed by atoms with Gasteiger partial charge in [-0.1, -0.05) is 51.8 Å². The predicted octanol–water partition coefficient (Wildman–Crippen LogP) is 3.94. The molecule has 3 rings (SSSR count). The van der Waals surface area contributed by atoms with Crippen LogP contribution in [0.4, 0.5) is 0 Å². The lowest BCUT2D eigenvalue weighted by molar-refractivity contribution is 0.972. The van der Waals surface area contributed by atoms with Crippen molar-refractivity contribution >= 4 is 27.5 Å². The molecule has 22 heavy (non-hydrogen) atoms. The molecule has 2 aromatic carbocycles. The van der Waals surface area contributed by atoms with Crippen molar-refractivity contribution in [3.8, 4) is 11.4 Å². The Morgan fingerprint density at radius 2 is 1.86 bits per heavy atom. The molecule has 112 valence electrons. The third-order valence-electron chi connectivity index (χ3n) is 3.27. The molecule has 0 saturated carbocycles. The summed E-state index contributed by atoms with van der Waals surface area (Å²) in [7, 11) is 0. The predicted molar refractivity (Wildman–Crippen MR) is 91.7 cm³/mol. The molecule has 0 aliphatic rings. The van der Waals surface area contributed by atoms with Gasteiger partial charge in [-0.2, -0.15) is 5.10 Å². The summed E-state index contributed by atoms with van der Waals surface area (Å²) in [5, 5.41) is 7.94. The molecule has 3 N–H and O–H groups in total. The molecule has 0 amide bonds. The fourth-order valence-corrected chi connectivity index (χ4v) is 3.13. The quantitative estimate of drug-likeness (QED) is 0.723. The fraction of sp³-hybridized carbons (Fsp3) is 0.125. The second-order valence-corrected chi connectivity index (χ2v) is 6.31. The van der Waals surface area contributed by atoms with Gasteiger partial charge in [-0.25, -0.2) is 4.98 Å². The maximum Gasteiger partial charge on any atom is 0.181 e. The summed E-state index contributed by atoms with van der Waals surface area (Å²) in [4.78, 5) is 4.53. The van der Waals surface area contributed by atoms with Gasteiger partial charge in [0, 0.05) is 28.0 Å². The molecule has 0 fully saturated rings. The zero-order valence-corrected chi connectivity index (χ0v) is 14.0. The minimum Gasteiger partial charge on any atom is -0.326 e. The van der Waals surface area contributed by atoms with Crippen LogP contribution in [0.15, 0.2) is 46.9 Å². The second-order valence-electron chi connectivity index (χ2n) is 4.96. The van der Waals surface area contributed by atoms with Crippen LogP contribution < -0.4 is 5.73 Å². The first-order valence-corrected chi connectivity index (χ1v) is 7.97. The van der Waals surface area contributed by atoms with Gasteiger partial charge in [0.2, 0.25) is 0 Å². The zero-order valence-electron chi connectivity index (χ0n) is 11.7. The molecular formula is C16H14BrClN4. The molecule has 0 aliphatic carbocycles. The summed E-state index contributed by atoms with van der Waals surface area (Å²) >= 11 is 9.50. The Balaban J connectivity index is 1.80. The molecule has 0 radical (unpaired) electrons. The first kappa shape index (κ1) is 15.2. The lowest BCUT2D eigenvalue weighted by Gasteiger charge is -2.00. The van der Waals surface area contributed by atoms with Crippen LogP contribution in [0.25, 0.3) is 11.4 Å². The van der Waals surface area contributed by atoms with E-state index in [0.29, 0.717) is 23.8 Å². The van der Waals surface area contributed by atoms with E-state index in [4.69, 9.17) is 17.3 Å². The second kappa shape index (κ2) is 6.60. The van der Waals surface area contributed by atoms with Crippen LogP contribution >= 0.6 is 27.5 Å². The van der Waals surface area contributed by atoms with E-state index in [9.17, 15) is 0 Å². The van der Waals surface area contributed by atoms with Gasteiger partial charge >= 0.3 is 0 Å². The third kappa shape index (κ3) is 3.55. The van der Waals surface area contributed by atoms with Gasteiger partial charge in [-0.3, -0.25) is 5.10 Å². The fourth-order valence-electron chi connectivity index (χ4n) is 2.20. The third-order valence-corrected chi connectivity index (χ3v) is 3.95. The van der Waals surface area contributed by atoms with Crippen LogP contribution in [0.3, 0.4) is 0 Å². The van der Waals surface area contributed by atoms with E-state index in [-0.39, 0.29) is 0 Å². The molecule has 0 unspecified atom stereocenters. The van der Waals surface area contributed by atoms with E-state index in [1.165, 1.54) is 0 Å². The highest BCUT2D eigenvalue weighted by atomic mass is 79.9. The van der Waals surface area contributed by atoms with Gasteiger partial charge in [-0.15, -0.1) is 0 Å². The van der Waals surface area contributed by atoms with Gasteiger partial charge in [0.25, 0.3) is 0 Å². The SMILES string of the molecule is NCc1ccc(-c2n[nH]c(Cc3cc(Cl)cc(Br)c3)n2)cc1. The van der Waals surface area contributed by atoms with Gasteiger partial charge in [0.05, 0.1) is 0 Å². The number of nitrogens with one attached hydrogen (secondary N) is 1. The van der Waals surface area contributed by atoms with E-state index in [1.54, 1.807) is 0 Å². The monoisotopic (exact) mass is 376 g/mol. The molecule has 6 heteroatoms. The Hall–Kier alpha value is -1.69. The van der Waals surface area contributed by atoms with E-state index < -0.39 is 0 Å². The highest BCUT2D eigenvalue weighted by molar-refractivity contribution is 9.10. The number of hydrogen-bond donors (Lipinski definition) is 2. The van der Waals surface area contributed by atoms with Crippen molar-refractivity contribution < 1.29 is 0 Å². The van der Waals surface area contributed by atoms with Gasteiger partial charge in [-0.05, 0) is 29.3 Å². The first-order chi connectivity index (χ1) is 10.6. The van der Waals surface area contributed by atoms with Crippen molar-refractivity contribution in [2.75, 3.05) is 0 Å². The van der Waals surface area contributed by atoms with Crippen molar-refractivity contribution in [2.45, 2.75) is 13.0 Å². The number of rotatable bonds is 4. The van der Waals surface area contributed by atoms with E-state index in [1.807, 2.05) is 42.5 Å². The van der Waals surface area contributed by atoms with Crippen LogP contribution in [0.1, 0.15) is 17.0 Å². The van der Waals surface area contributed by atoms with Gasteiger partial charge in [0.1, 0.15) is 5.82 Å². The number of aromatic nitrogens is 3. The molecule has 0 atom stereocenters. The van der Waals surface area contributed by atoms with Crippen LogP contribution in [0.2, 0.25) is 5.02 Å². The molecule has 4 nitrogen and oxygen atoms in total. The lowest BCUT2D eigenvalue weighted by atomic mass is 10.1. The van der Waals surface area contributed by atoms with Crippen molar-refractivity contribution in [3.63, 3.8) is 0 Å². The maximum absolute atomic E-state index is 6.06. The Kier molecular flexibility index (Phi) is 4.57. The van der Waals surface area contributed by atoms with E-state index in [2.05, 4.69) is 31.1 Å². The zero-order chi connectivity index (χ0) is 15.5. The lowest BCUT2D eigenvalue weighted by Crippen LogP contribution is -1.95. The highest BCUT2D eigenvalue weighted by Crippen LogP contribution is 2.22. The number of hydrogen-bond acceptors (Lipinski definition) is 3. The Morgan fingerprint density at radius 3 is 2.55 bits per heavy atom. The normalized spacial score (nSPS) is 10.9. The molecule has 0 bridgehead atoms. The number of aromatic amines is 1. The molecule has 0 aliphatic heterocycles. The number of halogens is 2. The van der Waals surface area contributed by atoms with Crippen LogP contribution in [-0.4, -0.2) is 15.2 Å². The van der Waals surface area contributed by atoms with Crippen molar-refractivity contribution in [1.29, 1.82) is 0 Å². The summed E-state index contributed by atoms with van der Waals surface area (Å²) in [5.74, 6) is 1.48. The number of nitrogens with zero attached hydrogens (tertiary/aromatic N) is 2. The average molecular weight is 378 g/mol. The first-order valence-electron chi connectivity index (χ1n) is 6.79. The Morgan fingerprint density at radius 1 is 1.09 bits per heavy atom. The summed E-state index contributed by atoms with van der Waals surface area (Å²) in [5.41, 5.74) is 8.72. The summed E-state index contributed by atoms with van der Waals surface area (Å²) in [6.07, 6.45) is 0.646. The van der Waals surface area contributed by atoms with Crippen molar-refractivity contribution in [2.24, 2.45) is 5.73 Å². The van der Waals surface area contributed by atoms with Gasteiger partial charge in [0.15, 0.2) is 5.82 Å². The summed E-state index contributed by atoms with van der Waals surface area (Å²) < 4.78 is 0.951. The average Bonchev–Trinajstić information content (AvgIpc) is 2.95. The number of nitrogens with two attached hydrogens (primary N) is 1. The molecular weight excluding hydrogens is 364 g/mol. The van der Waals surface area contributed by atoms with Crippen molar-refractivity contribution in [3.05, 3.63) is 68.9 Å². The minimum absolute atomic E-state index is 0.531. The summed E-state index contributed by atoms with van der Waals surface area (Å²) in [6, 6.07) is 13.7. The van der Waals surface area contributed by atoms with Crippen molar-refractivity contribution in [1.82, 2.24) is 15.2 Å². The molecule has 1 heterocycles. The molecule has 3 aromatic rings. The highest BCUT2D eigenvalue weighted by Gasteiger charge is 2.07. The summed E-state index contributed by atoms with van der Waals surface area (Å²) in [6.45, 7) is 0.531. The molecule has 1 aromatic heterocycles. The Labute approximate surface area is 141 Å². The van der Waals surface area contributed by atoms with Crippen LogP contribution in [0, 0.1) is 0 Å². The smallest absolute Gasteiger partial charge is 0.181 e. The number of H-pyrrole nitrogens is 1.